The van der Waals surface area contributed by atoms with E-state index in [-0.39, 0.29) is 30.1 Å². The van der Waals surface area contributed by atoms with Gasteiger partial charge in [0.05, 0.1) is 17.3 Å². The van der Waals surface area contributed by atoms with E-state index in [9.17, 15) is 9.18 Å². The lowest BCUT2D eigenvalue weighted by Crippen LogP contribution is -2.52. The molecule has 0 aliphatic heterocycles. The minimum absolute atomic E-state index is 0. The summed E-state index contributed by atoms with van der Waals surface area (Å²) in [7, 11) is 0. The zero-order valence-electron chi connectivity index (χ0n) is 13.0. The van der Waals surface area contributed by atoms with Gasteiger partial charge in [-0.05, 0) is 38.8 Å². The number of carbonyl (C=O) groups excluding carboxylic acids is 1. The van der Waals surface area contributed by atoms with Crippen LogP contribution in [0.15, 0.2) is 18.2 Å². The van der Waals surface area contributed by atoms with Crippen LogP contribution in [0, 0.1) is 5.82 Å². The highest BCUT2D eigenvalue weighted by molar-refractivity contribution is 5.98. The van der Waals surface area contributed by atoms with Crippen molar-refractivity contribution in [2.45, 2.75) is 57.6 Å². The van der Waals surface area contributed by atoms with Crippen LogP contribution in [0.25, 0.3) is 0 Å². The smallest absolute Gasteiger partial charge is 0.244 e. The van der Waals surface area contributed by atoms with E-state index in [2.05, 4.69) is 5.32 Å². The van der Waals surface area contributed by atoms with Crippen molar-refractivity contribution in [1.82, 2.24) is 0 Å². The standard InChI is InChI=1S/C16H23FN2O2.ClH/c1-11(2)21-12-6-7-14(13(17)10-12)19-15(20)16(18)8-4-3-5-9-16;/h6-7,10-11H,3-5,8-9,18H2,1-2H3,(H,19,20);1H. The zero-order valence-corrected chi connectivity index (χ0v) is 13.8. The van der Waals surface area contributed by atoms with Crippen LogP contribution in [0.2, 0.25) is 0 Å². The molecule has 1 aromatic rings. The Bertz CT molecular complexity index is 517. The second-order valence-corrected chi connectivity index (χ2v) is 5.98. The lowest BCUT2D eigenvalue weighted by atomic mass is 9.82. The summed E-state index contributed by atoms with van der Waals surface area (Å²) in [4.78, 5) is 12.3. The largest absolute Gasteiger partial charge is 0.491 e. The van der Waals surface area contributed by atoms with Crippen molar-refractivity contribution >= 4 is 24.0 Å². The van der Waals surface area contributed by atoms with Crippen LogP contribution in [-0.2, 0) is 4.79 Å². The van der Waals surface area contributed by atoms with Gasteiger partial charge >= 0.3 is 0 Å². The van der Waals surface area contributed by atoms with Gasteiger partial charge in [-0.25, -0.2) is 4.39 Å². The molecule has 0 bridgehead atoms. The first-order chi connectivity index (χ1) is 9.90. The van der Waals surface area contributed by atoms with E-state index in [4.69, 9.17) is 10.5 Å². The van der Waals surface area contributed by atoms with Gasteiger partial charge in [-0.1, -0.05) is 19.3 Å². The molecule has 0 heterocycles. The van der Waals surface area contributed by atoms with Crippen molar-refractivity contribution in [3.05, 3.63) is 24.0 Å². The number of amides is 1. The molecule has 3 N–H and O–H groups in total. The quantitative estimate of drug-likeness (QED) is 0.886. The molecule has 22 heavy (non-hydrogen) atoms. The van der Waals surface area contributed by atoms with Crippen LogP contribution >= 0.6 is 12.4 Å². The molecular weight excluding hydrogens is 307 g/mol. The van der Waals surface area contributed by atoms with Crippen LogP contribution < -0.4 is 15.8 Å². The maximum Gasteiger partial charge on any atom is 0.244 e. The van der Waals surface area contributed by atoms with Crippen LogP contribution in [0.5, 0.6) is 5.75 Å². The summed E-state index contributed by atoms with van der Waals surface area (Å²) in [6.07, 6.45) is 4.24. The minimum atomic E-state index is -0.877. The molecule has 2 rings (SSSR count). The van der Waals surface area contributed by atoms with Gasteiger partial charge in [0.15, 0.2) is 0 Å². The van der Waals surface area contributed by atoms with Gasteiger partial charge in [0.25, 0.3) is 0 Å². The molecule has 6 heteroatoms. The summed E-state index contributed by atoms with van der Waals surface area (Å²) in [6.45, 7) is 3.74. The van der Waals surface area contributed by atoms with Crippen molar-refractivity contribution in [1.29, 1.82) is 0 Å². The van der Waals surface area contributed by atoms with Crippen molar-refractivity contribution in [3.8, 4) is 5.75 Å². The molecule has 1 fully saturated rings. The van der Waals surface area contributed by atoms with Gasteiger partial charge in [0.1, 0.15) is 11.6 Å². The number of ether oxygens (including phenoxy) is 1. The fourth-order valence-electron chi connectivity index (χ4n) is 2.60. The Hall–Kier alpha value is -1.33. The van der Waals surface area contributed by atoms with Crippen LogP contribution in [-0.4, -0.2) is 17.6 Å². The highest BCUT2D eigenvalue weighted by Crippen LogP contribution is 2.28. The molecule has 0 unspecified atom stereocenters. The van der Waals surface area contributed by atoms with E-state index >= 15 is 0 Å². The lowest BCUT2D eigenvalue weighted by molar-refractivity contribution is -0.122. The molecule has 1 aliphatic rings. The highest BCUT2D eigenvalue weighted by Gasteiger charge is 2.35. The molecule has 124 valence electrons. The van der Waals surface area contributed by atoms with Gasteiger partial charge in [-0.3, -0.25) is 4.79 Å². The maximum atomic E-state index is 14.0. The number of hydrogen-bond acceptors (Lipinski definition) is 3. The Labute approximate surface area is 137 Å². The predicted molar refractivity (Wildman–Crippen MR) is 88.0 cm³/mol. The topological polar surface area (TPSA) is 64.3 Å². The summed E-state index contributed by atoms with van der Waals surface area (Å²) in [5.74, 6) is -0.375. The Morgan fingerprint density at radius 2 is 1.95 bits per heavy atom. The number of hydrogen-bond donors (Lipinski definition) is 2. The molecule has 0 atom stereocenters. The van der Waals surface area contributed by atoms with E-state index in [0.29, 0.717) is 18.6 Å². The maximum absolute atomic E-state index is 14.0. The number of rotatable bonds is 4. The first-order valence-electron chi connectivity index (χ1n) is 7.47. The molecule has 1 aromatic carbocycles. The van der Waals surface area contributed by atoms with Crippen LogP contribution in [0.3, 0.4) is 0 Å². The molecule has 4 nitrogen and oxygen atoms in total. The van der Waals surface area contributed by atoms with Crippen molar-refractivity contribution in [2.24, 2.45) is 5.73 Å². The van der Waals surface area contributed by atoms with Gasteiger partial charge in [-0.15, -0.1) is 12.4 Å². The third-order valence-corrected chi connectivity index (χ3v) is 3.76. The summed E-state index contributed by atoms with van der Waals surface area (Å²) in [5.41, 5.74) is 5.40. The van der Waals surface area contributed by atoms with E-state index in [0.717, 1.165) is 19.3 Å². The van der Waals surface area contributed by atoms with Gasteiger partial charge in [0, 0.05) is 6.07 Å². The highest BCUT2D eigenvalue weighted by atomic mass is 35.5. The molecule has 0 spiro atoms. The molecule has 1 saturated carbocycles. The average Bonchev–Trinajstić information content (AvgIpc) is 2.42. The normalized spacial score (nSPS) is 16.8. The number of benzene rings is 1. The summed E-state index contributed by atoms with van der Waals surface area (Å²) in [6, 6.07) is 4.43. The number of anilines is 1. The van der Waals surface area contributed by atoms with Gasteiger partial charge in [-0.2, -0.15) is 0 Å². The van der Waals surface area contributed by atoms with E-state index in [1.165, 1.54) is 12.1 Å². The van der Waals surface area contributed by atoms with E-state index in [1.54, 1.807) is 6.07 Å². The van der Waals surface area contributed by atoms with Crippen LogP contribution in [0.4, 0.5) is 10.1 Å². The Kier molecular flexibility index (Phi) is 6.63. The third-order valence-electron chi connectivity index (χ3n) is 3.76. The molecule has 0 aromatic heterocycles. The second-order valence-electron chi connectivity index (χ2n) is 5.98. The van der Waals surface area contributed by atoms with Crippen LogP contribution in [0.1, 0.15) is 46.0 Å². The zero-order chi connectivity index (χ0) is 15.5. The first kappa shape index (κ1) is 18.7. The summed E-state index contributed by atoms with van der Waals surface area (Å²) >= 11 is 0. The molecule has 1 aliphatic carbocycles. The summed E-state index contributed by atoms with van der Waals surface area (Å²) in [5, 5.41) is 2.61. The molecule has 1 amide bonds. The fraction of sp³-hybridized carbons (Fsp3) is 0.562. The van der Waals surface area contributed by atoms with Crippen molar-refractivity contribution in [2.75, 3.05) is 5.32 Å². The molecular formula is C16H24ClFN2O2. The SMILES string of the molecule is CC(C)Oc1ccc(NC(=O)C2(N)CCCCC2)c(F)c1.Cl. The fourth-order valence-corrected chi connectivity index (χ4v) is 2.60. The monoisotopic (exact) mass is 330 g/mol. The van der Waals surface area contributed by atoms with Gasteiger partial charge < -0.3 is 15.8 Å². The molecule has 0 saturated heterocycles. The van der Waals surface area contributed by atoms with E-state index in [1.807, 2.05) is 13.8 Å². The number of carbonyl (C=O) groups is 1. The Balaban J connectivity index is 0.00000242. The lowest BCUT2D eigenvalue weighted by Gasteiger charge is -2.31. The summed E-state index contributed by atoms with van der Waals surface area (Å²) < 4.78 is 19.4. The second kappa shape index (κ2) is 7.79. The van der Waals surface area contributed by atoms with Crippen molar-refractivity contribution in [3.63, 3.8) is 0 Å². The number of nitrogens with one attached hydrogen (secondary N) is 1. The third kappa shape index (κ3) is 4.58. The Morgan fingerprint density at radius 1 is 1.32 bits per heavy atom. The number of nitrogens with two attached hydrogens (primary N) is 1. The average molecular weight is 331 g/mol. The number of halogens is 2. The first-order valence-corrected chi connectivity index (χ1v) is 7.47. The van der Waals surface area contributed by atoms with Gasteiger partial charge in [0.2, 0.25) is 5.91 Å². The predicted octanol–water partition coefficient (Wildman–Crippen LogP) is 3.63. The minimum Gasteiger partial charge on any atom is -0.491 e. The van der Waals surface area contributed by atoms with E-state index < -0.39 is 11.4 Å². The molecule has 0 radical (unpaired) electrons. The van der Waals surface area contributed by atoms with Crippen molar-refractivity contribution < 1.29 is 13.9 Å². The Morgan fingerprint density at radius 3 is 2.50 bits per heavy atom.